The van der Waals surface area contributed by atoms with Crippen molar-refractivity contribution in [2.75, 3.05) is 4.90 Å². The highest BCUT2D eigenvalue weighted by atomic mass is 16.1. The Hall–Kier alpha value is -2.87. The monoisotopic (exact) mass is 287 g/mol. The molecule has 108 valence electrons. The van der Waals surface area contributed by atoms with E-state index in [1.165, 1.54) is 5.56 Å². The molecule has 0 aromatic heterocycles. The predicted molar refractivity (Wildman–Crippen MR) is 90.6 cm³/mol. The van der Waals surface area contributed by atoms with Crippen LogP contribution in [-0.4, -0.2) is 6.29 Å². The van der Waals surface area contributed by atoms with Crippen LogP contribution in [0, 0.1) is 0 Å². The van der Waals surface area contributed by atoms with Gasteiger partial charge in [0.25, 0.3) is 0 Å². The number of hydrogen-bond acceptors (Lipinski definition) is 2. The number of benzene rings is 3. The Balaban J connectivity index is 2.05. The minimum absolute atomic E-state index is 0.697. The van der Waals surface area contributed by atoms with Gasteiger partial charge >= 0.3 is 0 Å². The second-order valence-electron chi connectivity index (χ2n) is 5.08. The van der Waals surface area contributed by atoms with E-state index in [9.17, 15) is 4.79 Å². The van der Waals surface area contributed by atoms with Crippen molar-refractivity contribution in [2.24, 2.45) is 0 Å². The topological polar surface area (TPSA) is 20.3 Å². The average molecular weight is 287 g/mol. The third-order valence-electron chi connectivity index (χ3n) is 3.61. The summed E-state index contributed by atoms with van der Waals surface area (Å²) < 4.78 is 0. The van der Waals surface area contributed by atoms with Gasteiger partial charge in [0.05, 0.1) is 5.69 Å². The fourth-order valence-corrected chi connectivity index (χ4v) is 2.52. The Morgan fingerprint density at radius 3 is 2.00 bits per heavy atom. The lowest BCUT2D eigenvalue weighted by molar-refractivity contribution is 0.112. The van der Waals surface area contributed by atoms with E-state index >= 15 is 0 Å². The number of carbonyl (C=O) groups is 1. The quantitative estimate of drug-likeness (QED) is 0.626. The maximum atomic E-state index is 11.4. The van der Waals surface area contributed by atoms with Gasteiger partial charge < -0.3 is 4.90 Å². The van der Waals surface area contributed by atoms with Gasteiger partial charge in [0.15, 0.2) is 6.29 Å². The predicted octanol–water partition coefficient (Wildman–Crippen LogP) is 4.84. The van der Waals surface area contributed by atoms with Crippen LogP contribution in [-0.2, 0) is 6.54 Å². The molecule has 3 aromatic carbocycles. The van der Waals surface area contributed by atoms with E-state index in [4.69, 9.17) is 0 Å². The number of hydrogen-bond donors (Lipinski definition) is 0. The Morgan fingerprint density at radius 2 is 1.32 bits per heavy atom. The molecule has 0 amide bonds. The van der Waals surface area contributed by atoms with Crippen molar-refractivity contribution < 1.29 is 4.79 Å². The summed E-state index contributed by atoms with van der Waals surface area (Å²) in [4.78, 5) is 13.6. The zero-order chi connectivity index (χ0) is 15.2. The van der Waals surface area contributed by atoms with Gasteiger partial charge in [-0.3, -0.25) is 4.79 Å². The van der Waals surface area contributed by atoms with Crippen LogP contribution in [0.25, 0.3) is 0 Å². The third-order valence-corrected chi connectivity index (χ3v) is 3.61. The molecule has 0 aliphatic carbocycles. The Morgan fingerprint density at radius 1 is 0.727 bits per heavy atom. The van der Waals surface area contributed by atoms with Crippen molar-refractivity contribution in [3.8, 4) is 0 Å². The summed E-state index contributed by atoms with van der Waals surface area (Å²) in [5, 5.41) is 0. The van der Waals surface area contributed by atoms with E-state index < -0.39 is 0 Å². The van der Waals surface area contributed by atoms with E-state index in [0.29, 0.717) is 5.56 Å². The van der Waals surface area contributed by atoms with Gasteiger partial charge in [-0.05, 0) is 29.8 Å². The number of nitrogens with zero attached hydrogens (tertiary/aromatic N) is 1. The first-order valence-corrected chi connectivity index (χ1v) is 7.29. The molecule has 0 radical (unpaired) electrons. The van der Waals surface area contributed by atoms with Gasteiger partial charge in [-0.1, -0.05) is 60.7 Å². The molecule has 3 rings (SSSR count). The van der Waals surface area contributed by atoms with Crippen LogP contribution >= 0.6 is 0 Å². The first-order chi connectivity index (χ1) is 10.9. The number of anilines is 2. The summed E-state index contributed by atoms with van der Waals surface area (Å²) in [6, 6.07) is 28.1. The summed E-state index contributed by atoms with van der Waals surface area (Å²) >= 11 is 0. The molecule has 3 aromatic rings. The van der Waals surface area contributed by atoms with Gasteiger partial charge in [0.2, 0.25) is 0 Å². The Labute approximate surface area is 130 Å². The smallest absolute Gasteiger partial charge is 0.152 e. The van der Waals surface area contributed by atoms with E-state index in [2.05, 4.69) is 29.2 Å². The fraction of sp³-hybridized carbons (Fsp3) is 0.0500. The highest BCUT2D eigenvalue weighted by molar-refractivity contribution is 5.86. The summed E-state index contributed by atoms with van der Waals surface area (Å²) in [6.45, 7) is 0.718. The molecule has 0 N–H and O–H groups in total. The molecule has 0 atom stereocenters. The minimum atomic E-state index is 0.697. The lowest BCUT2D eigenvalue weighted by atomic mass is 10.1. The second-order valence-corrected chi connectivity index (χ2v) is 5.08. The van der Waals surface area contributed by atoms with E-state index in [-0.39, 0.29) is 0 Å². The second kappa shape index (κ2) is 6.72. The van der Waals surface area contributed by atoms with Crippen LogP contribution < -0.4 is 4.90 Å². The van der Waals surface area contributed by atoms with Crippen LogP contribution in [0.15, 0.2) is 84.9 Å². The van der Waals surface area contributed by atoms with E-state index in [1.807, 2.05) is 60.7 Å². The number of rotatable bonds is 5. The summed E-state index contributed by atoms with van der Waals surface area (Å²) in [6.07, 6.45) is 0.913. The molecule has 2 nitrogen and oxygen atoms in total. The molecular formula is C20H17NO. The lowest BCUT2D eigenvalue weighted by Gasteiger charge is -2.26. The lowest BCUT2D eigenvalue weighted by Crippen LogP contribution is -2.17. The number of aldehydes is 1. The number of para-hydroxylation sites is 2. The summed E-state index contributed by atoms with van der Waals surface area (Å²) in [5.74, 6) is 0. The normalized spacial score (nSPS) is 10.2. The van der Waals surface area contributed by atoms with Crippen LogP contribution in [0.1, 0.15) is 15.9 Å². The summed E-state index contributed by atoms with van der Waals surface area (Å²) in [5.41, 5.74) is 3.89. The van der Waals surface area contributed by atoms with E-state index in [0.717, 1.165) is 24.2 Å². The molecule has 0 aliphatic rings. The molecule has 0 unspecified atom stereocenters. The average Bonchev–Trinajstić information content (AvgIpc) is 2.61. The molecule has 0 saturated carbocycles. The molecule has 0 fully saturated rings. The molecule has 0 heterocycles. The van der Waals surface area contributed by atoms with Crippen molar-refractivity contribution in [2.45, 2.75) is 6.54 Å². The molecule has 22 heavy (non-hydrogen) atoms. The first-order valence-electron chi connectivity index (χ1n) is 7.29. The largest absolute Gasteiger partial charge is 0.336 e. The number of carbonyl (C=O) groups excluding carboxylic acids is 1. The van der Waals surface area contributed by atoms with Crippen molar-refractivity contribution in [3.63, 3.8) is 0 Å². The van der Waals surface area contributed by atoms with Crippen molar-refractivity contribution in [1.29, 1.82) is 0 Å². The van der Waals surface area contributed by atoms with Crippen molar-refractivity contribution in [3.05, 3.63) is 96.1 Å². The standard InChI is InChI=1S/C20H17NO/c22-16-18-11-7-8-14-20(18)21(19-12-5-2-6-13-19)15-17-9-3-1-4-10-17/h1-14,16H,15H2. The molecule has 0 aliphatic heterocycles. The maximum absolute atomic E-state index is 11.4. The van der Waals surface area contributed by atoms with Gasteiger partial charge in [-0.15, -0.1) is 0 Å². The Bertz CT molecular complexity index is 738. The highest BCUT2D eigenvalue weighted by Gasteiger charge is 2.13. The van der Waals surface area contributed by atoms with Crippen molar-refractivity contribution in [1.82, 2.24) is 0 Å². The van der Waals surface area contributed by atoms with Gasteiger partial charge in [0.1, 0.15) is 0 Å². The van der Waals surface area contributed by atoms with Gasteiger partial charge in [-0.25, -0.2) is 0 Å². The maximum Gasteiger partial charge on any atom is 0.152 e. The molecule has 0 spiro atoms. The molecule has 0 saturated heterocycles. The minimum Gasteiger partial charge on any atom is -0.336 e. The van der Waals surface area contributed by atoms with Crippen LogP contribution in [0.4, 0.5) is 11.4 Å². The van der Waals surface area contributed by atoms with Crippen molar-refractivity contribution >= 4 is 17.7 Å². The zero-order valence-corrected chi connectivity index (χ0v) is 12.2. The van der Waals surface area contributed by atoms with Gasteiger partial charge in [0, 0.05) is 17.8 Å². The molecule has 2 heteroatoms. The SMILES string of the molecule is O=Cc1ccccc1N(Cc1ccccc1)c1ccccc1. The van der Waals surface area contributed by atoms with Crippen LogP contribution in [0.2, 0.25) is 0 Å². The summed E-state index contributed by atoms with van der Waals surface area (Å²) in [7, 11) is 0. The molecule has 0 bridgehead atoms. The third kappa shape index (κ3) is 3.07. The van der Waals surface area contributed by atoms with Gasteiger partial charge in [-0.2, -0.15) is 0 Å². The van der Waals surface area contributed by atoms with E-state index in [1.54, 1.807) is 0 Å². The Kier molecular flexibility index (Phi) is 4.30. The highest BCUT2D eigenvalue weighted by Crippen LogP contribution is 2.29. The molecular weight excluding hydrogens is 270 g/mol. The fourth-order valence-electron chi connectivity index (χ4n) is 2.52. The van der Waals surface area contributed by atoms with Crippen LogP contribution in [0.5, 0.6) is 0 Å². The van der Waals surface area contributed by atoms with Crippen LogP contribution in [0.3, 0.4) is 0 Å². The zero-order valence-electron chi connectivity index (χ0n) is 12.2. The first kappa shape index (κ1) is 14.1.